The number of halogens is 2. The fourth-order valence-corrected chi connectivity index (χ4v) is 2.74. The molecule has 102 valence electrons. The number of rotatable bonds is 5. The first-order valence-electron chi connectivity index (χ1n) is 5.27. The molecule has 0 spiro atoms. The first-order valence-corrected chi connectivity index (χ1v) is 6.75. The molecule has 1 aromatic carbocycles. The quantitative estimate of drug-likeness (QED) is 0.851. The van der Waals surface area contributed by atoms with E-state index in [9.17, 15) is 17.2 Å². The Bertz CT molecular complexity index is 517. The van der Waals surface area contributed by atoms with E-state index in [1.54, 1.807) is 26.0 Å². The van der Waals surface area contributed by atoms with E-state index in [1.807, 2.05) is 4.72 Å². The Hall–Kier alpha value is -1.05. The van der Waals surface area contributed by atoms with Crippen LogP contribution in [0.5, 0.6) is 0 Å². The second-order valence-electron chi connectivity index (χ2n) is 4.02. The topological polar surface area (TPSA) is 66.4 Å². The van der Waals surface area contributed by atoms with Gasteiger partial charge in [0.1, 0.15) is 6.10 Å². The number of aryl methyl sites for hydroxylation is 2. The van der Waals surface area contributed by atoms with Gasteiger partial charge in [0, 0.05) is 6.54 Å². The van der Waals surface area contributed by atoms with Crippen LogP contribution in [0.15, 0.2) is 23.1 Å². The Morgan fingerprint density at radius 1 is 1.33 bits per heavy atom. The van der Waals surface area contributed by atoms with Crippen LogP contribution in [-0.4, -0.2) is 32.6 Å². The van der Waals surface area contributed by atoms with Gasteiger partial charge in [0.05, 0.1) is 4.90 Å². The van der Waals surface area contributed by atoms with Crippen LogP contribution in [0.2, 0.25) is 0 Å². The summed E-state index contributed by atoms with van der Waals surface area (Å²) >= 11 is 0. The van der Waals surface area contributed by atoms with E-state index in [1.165, 1.54) is 6.07 Å². The van der Waals surface area contributed by atoms with E-state index in [-0.39, 0.29) is 4.90 Å². The molecule has 0 heterocycles. The first-order chi connectivity index (χ1) is 8.24. The first kappa shape index (κ1) is 15.0. The van der Waals surface area contributed by atoms with Crippen molar-refractivity contribution < 1.29 is 22.3 Å². The summed E-state index contributed by atoms with van der Waals surface area (Å²) in [5.74, 6) is 0. The Kier molecular flexibility index (Phi) is 4.78. The molecule has 0 aliphatic carbocycles. The molecule has 0 aliphatic rings. The minimum atomic E-state index is -3.89. The van der Waals surface area contributed by atoms with Crippen molar-refractivity contribution in [3.8, 4) is 0 Å². The highest BCUT2D eigenvalue weighted by Gasteiger charge is 2.22. The van der Waals surface area contributed by atoms with Gasteiger partial charge in [-0.3, -0.25) is 0 Å². The van der Waals surface area contributed by atoms with Crippen molar-refractivity contribution in [1.29, 1.82) is 0 Å². The maximum atomic E-state index is 12.1. The number of sulfonamides is 1. The lowest BCUT2D eigenvalue weighted by atomic mass is 10.2. The molecule has 0 saturated heterocycles. The largest absolute Gasteiger partial charge is 0.386 e. The van der Waals surface area contributed by atoms with Crippen molar-refractivity contribution in [3.05, 3.63) is 29.3 Å². The summed E-state index contributed by atoms with van der Waals surface area (Å²) < 4.78 is 49.8. The number of benzene rings is 1. The van der Waals surface area contributed by atoms with Crippen molar-refractivity contribution in [1.82, 2.24) is 4.72 Å². The van der Waals surface area contributed by atoms with E-state index in [2.05, 4.69) is 0 Å². The number of aliphatic hydroxyl groups excluding tert-OH is 1. The molecule has 1 unspecified atom stereocenters. The van der Waals surface area contributed by atoms with E-state index in [4.69, 9.17) is 5.11 Å². The zero-order chi connectivity index (χ0) is 13.9. The van der Waals surface area contributed by atoms with Crippen molar-refractivity contribution in [3.63, 3.8) is 0 Å². The smallest absolute Gasteiger partial charge is 0.265 e. The molecule has 0 fully saturated rings. The fourth-order valence-electron chi connectivity index (χ4n) is 1.36. The molecule has 0 saturated carbocycles. The Labute approximate surface area is 105 Å². The van der Waals surface area contributed by atoms with E-state index >= 15 is 0 Å². The third-order valence-corrected chi connectivity index (χ3v) is 3.97. The normalized spacial score (nSPS) is 13.9. The number of alkyl halides is 2. The lowest BCUT2D eigenvalue weighted by Crippen LogP contribution is -2.36. The standard InChI is InChI=1S/C11H15F2NO3S/c1-7-3-4-8(2)10(5-7)18(16,17)14-6-9(15)11(12)13/h3-5,9,11,14-15H,6H2,1-2H3. The van der Waals surface area contributed by atoms with Crippen LogP contribution in [0.3, 0.4) is 0 Å². The number of hydrogen-bond donors (Lipinski definition) is 2. The Morgan fingerprint density at radius 2 is 1.94 bits per heavy atom. The molecule has 0 aromatic heterocycles. The molecule has 1 aromatic rings. The van der Waals surface area contributed by atoms with Crippen LogP contribution in [0.4, 0.5) is 8.78 Å². The molecule has 0 aliphatic heterocycles. The molecule has 4 nitrogen and oxygen atoms in total. The highest BCUT2D eigenvalue weighted by molar-refractivity contribution is 7.89. The van der Waals surface area contributed by atoms with Gasteiger partial charge in [-0.05, 0) is 31.0 Å². The molecule has 2 N–H and O–H groups in total. The van der Waals surface area contributed by atoms with Gasteiger partial charge >= 0.3 is 0 Å². The summed E-state index contributed by atoms with van der Waals surface area (Å²) in [6.07, 6.45) is -4.99. The van der Waals surface area contributed by atoms with Gasteiger partial charge in [0.2, 0.25) is 10.0 Å². The summed E-state index contributed by atoms with van der Waals surface area (Å²) in [7, 11) is -3.89. The highest BCUT2D eigenvalue weighted by atomic mass is 32.2. The van der Waals surface area contributed by atoms with Crippen LogP contribution in [-0.2, 0) is 10.0 Å². The zero-order valence-electron chi connectivity index (χ0n) is 10.0. The van der Waals surface area contributed by atoms with Crippen LogP contribution in [0.1, 0.15) is 11.1 Å². The van der Waals surface area contributed by atoms with Crippen molar-refractivity contribution >= 4 is 10.0 Å². The summed E-state index contributed by atoms with van der Waals surface area (Å²) in [6, 6.07) is 4.84. The van der Waals surface area contributed by atoms with Gasteiger partial charge in [-0.25, -0.2) is 21.9 Å². The molecule has 0 radical (unpaired) electrons. The molecule has 0 bridgehead atoms. The predicted molar refractivity (Wildman–Crippen MR) is 63.1 cm³/mol. The monoisotopic (exact) mass is 279 g/mol. The second kappa shape index (κ2) is 5.73. The lowest BCUT2D eigenvalue weighted by molar-refractivity contribution is -0.000452. The second-order valence-corrected chi connectivity index (χ2v) is 5.76. The van der Waals surface area contributed by atoms with Gasteiger partial charge in [0.25, 0.3) is 6.43 Å². The summed E-state index contributed by atoms with van der Waals surface area (Å²) in [5.41, 5.74) is 1.26. The SMILES string of the molecule is Cc1ccc(C)c(S(=O)(=O)NCC(O)C(F)F)c1. The Balaban J connectivity index is 2.90. The van der Waals surface area contributed by atoms with Gasteiger partial charge in [0.15, 0.2) is 0 Å². The van der Waals surface area contributed by atoms with Crippen LogP contribution in [0, 0.1) is 13.8 Å². The number of aliphatic hydroxyl groups is 1. The molecular formula is C11H15F2NO3S. The van der Waals surface area contributed by atoms with E-state index in [0.717, 1.165) is 5.56 Å². The lowest BCUT2D eigenvalue weighted by Gasteiger charge is -2.13. The van der Waals surface area contributed by atoms with Crippen molar-refractivity contribution in [2.75, 3.05) is 6.54 Å². The molecular weight excluding hydrogens is 264 g/mol. The van der Waals surface area contributed by atoms with E-state index < -0.39 is 29.1 Å². The summed E-state index contributed by atoms with van der Waals surface area (Å²) in [6.45, 7) is 2.62. The predicted octanol–water partition coefficient (Wildman–Crippen LogP) is 1.21. The van der Waals surface area contributed by atoms with Crippen LogP contribution < -0.4 is 4.72 Å². The molecule has 18 heavy (non-hydrogen) atoms. The zero-order valence-corrected chi connectivity index (χ0v) is 10.8. The number of hydrogen-bond acceptors (Lipinski definition) is 3. The Morgan fingerprint density at radius 3 is 2.50 bits per heavy atom. The fraction of sp³-hybridized carbons (Fsp3) is 0.455. The average Bonchev–Trinajstić information content (AvgIpc) is 2.29. The van der Waals surface area contributed by atoms with Gasteiger partial charge < -0.3 is 5.11 Å². The van der Waals surface area contributed by atoms with Crippen molar-refractivity contribution in [2.24, 2.45) is 0 Å². The van der Waals surface area contributed by atoms with Gasteiger partial charge in [-0.1, -0.05) is 12.1 Å². The van der Waals surface area contributed by atoms with Gasteiger partial charge in [-0.15, -0.1) is 0 Å². The molecule has 7 heteroatoms. The number of nitrogens with one attached hydrogen (secondary N) is 1. The van der Waals surface area contributed by atoms with E-state index in [0.29, 0.717) is 5.56 Å². The molecule has 1 atom stereocenters. The third kappa shape index (κ3) is 3.72. The minimum absolute atomic E-state index is 0.0315. The maximum absolute atomic E-state index is 12.1. The van der Waals surface area contributed by atoms with Crippen LogP contribution in [0.25, 0.3) is 0 Å². The maximum Gasteiger partial charge on any atom is 0.265 e. The summed E-state index contributed by atoms with van der Waals surface area (Å²) in [5, 5.41) is 8.88. The van der Waals surface area contributed by atoms with Crippen LogP contribution >= 0.6 is 0 Å². The summed E-state index contributed by atoms with van der Waals surface area (Å²) in [4.78, 5) is 0.0315. The average molecular weight is 279 g/mol. The van der Waals surface area contributed by atoms with Crippen molar-refractivity contribution in [2.45, 2.75) is 31.3 Å². The minimum Gasteiger partial charge on any atom is -0.386 e. The van der Waals surface area contributed by atoms with Gasteiger partial charge in [-0.2, -0.15) is 0 Å². The molecule has 1 rings (SSSR count). The highest BCUT2D eigenvalue weighted by Crippen LogP contribution is 2.16. The third-order valence-electron chi connectivity index (χ3n) is 2.41. The molecule has 0 amide bonds.